The Morgan fingerprint density at radius 2 is 1.83 bits per heavy atom. The summed E-state index contributed by atoms with van der Waals surface area (Å²) in [7, 11) is 1.67. The Morgan fingerprint density at radius 1 is 1.08 bits per heavy atom. The quantitative estimate of drug-likeness (QED) is 0.739. The molecule has 0 fully saturated rings. The number of benzene rings is 2. The van der Waals surface area contributed by atoms with E-state index >= 15 is 0 Å². The van der Waals surface area contributed by atoms with Crippen LogP contribution in [0.4, 0.5) is 5.69 Å². The number of rotatable bonds is 3. The van der Waals surface area contributed by atoms with E-state index in [0.29, 0.717) is 6.42 Å². The van der Waals surface area contributed by atoms with Crippen molar-refractivity contribution in [3.63, 3.8) is 0 Å². The molecule has 0 unspecified atom stereocenters. The van der Waals surface area contributed by atoms with Gasteiger partial charge in [-0.05, 0) is 11.6 Å². The van der Waals surface area contributed by atoms with Gasteiger partial charge >= 0.3 is 0 Å². The molecule has 1 amide bonds. The van der Waals surface area contributed by atoms with Gasteiger partial charge in [-0.15, -0.1) is 11.3 Å². The molecule has 3 nitrogen and oxygen atoms in total. The Bertz CT molecular complexity index is 886. The zero-order valence-electron chi connectivity index (χ0n) is 13.3. The smallest absolute Gasteiger partial charge is 0.225 e. The highest BCUT2D eigenvalue weighted by atomic mass is 32.1. The summed E-state index contributed by atoms with van der Waals surface area (Å²) in [4.78, 5) is 13.5. The zero-order chi connectivity index (χ0) is 16.5. The molecule has 1 aromatic heterocycles. The summed E-state index contributed by atoms with van der Waals surface area (Å²) in [6.45, 7) is 0. The van der Waals surface area contributed by atoms with Crippen LogP contribution >= 0.6 is 11.3 Å². The Balaban J connectivity index is 1.84. The molecule has 1 aliphatic heterocycles. The highest BCUT2D eigenvalue weighted by molar-refractivity contribution is 7.11. The lowest BCUT2D eigenvalue weighted by molar-refractivity contribution is -0.116. The van der Waals surface area contributed by atoms with Crippen molar-refractivity contribution in [3.8, 4) is 16.9 Å². The Labute approximate surface area is 144 Å². The number of amides is 1. The van der Waals surface area contributed by atoms with Gasteiger partial charge in [0.25, 0.3) is 0 Å². The fourth-order valence-corrected chi connectivity index (χ4v) is 4.41. The molecule has 2 heterocycles. The Morgan fingerprint density at radius 3 is 2.62 bits per heavy atom. The number of hydrogen-bond acceptors (Lipinski definition) is 3. The summed E-state index contributed by atoms with van der Waals surface area (Å²) in [5, 5.41) is 5.21. The van der Waals surface area contributed by atoms with E-state index in [2.05, 4.69) is 22.8 Å². The van der Waals surface area contributed by atoms with Crippen LogP contribution in [-0.4, -0.2) is 13.0 Å². The molecule has 0 saturated carbocycles. The van der Waals surface area contributed by atoms with Crippen molar-refractivity contribution >= 4 is 22.9 Å². The first-order valence-electron chi connectivity index (χ1n) is 7.87. The fraction of sp³-hybridized carbons (Fsp3) is 0.150. The van der Waals surface area contributed by atoms with Crippen molar-refractivity contribution in [1.29, 1.82) is 0 Å². The summed E-state index contributed by atoms with van der Waals surface area (Å²) in [6, 6.07) is 18.1. The summed E-state index contributed by atoms with van der Waals surface area (Å²) in [5.41, 5.74) is 4.22. The van der Waals surface area contributed by atoms with Crippen LogP contribution < -0.4 is 10.1 Å². The number of para-hydroxylation sites is 1. The summed E-state index contributed by atoms with van der Waals surface area (Å²) in [5.74, 6) is 0.916. The van der Waals surface area contributed by atoms with Crippen LogP contribution in [-0.2, 0) is 4.79 Å². The van der Waals surface area contributed by atoms with Gasteiger partial charge in [0.1, 0.15) is 5.75 Å². The van der Waals surface area contributed by atoms with E-state index in [1.165, 1.54) is 4.88 Å². The molecular formula is C20H17NO2S. The third-order valence-corrected chi connectivity index (χ3v) is 5.49. The number of methoxy groups -OCH3 is 1. The van der Waals surface area contributed by atoms with E-state index in [9.17, 15) is 4.79 Å². The van der Waals surface area contributed by atoms with Crippen LogP contribution in [0.15, 0.2) is 60.0 Å². The lowest BCUT2D eigenvalue weighted by atomic mass is 9.88. The number of fused-ring (bicyclic) bond motifs is 1. The van der Waals surface area contributed by atoms with E-state index in [0.717, 1.165) is 28.1 Å². The maximum Gasteiger partial charge on any atom is 0.225 e. The molecule has 4 rings (SSSR count). The molecule has 4 heteroatoms. The SMILES string of the molecule is COc1ccccc1[C@H]1CC(=O)Nc2c(-c3ccccc3)csc21. The highest BCUT2D eigenvalue weighted by Crippen LogP contribution is 2.48. The summed E-state index contributed by atoms with van der Waals surface area (Å²) < 4.78 is 5.51. The first-order valence-corrected chi connectivity index (χ1v) is 8.75. The van der Waals surface area contributed by atoms with E-state index in [4.69, 9.17) is 4.74 Å². The van der Waals surface area contributed by atoms with Crippen LogP contribution in [0.3, 0.4) is 0 Å². The predicted molar refractivity (Wildman–Crippen MR) is 97.8 cm³/mol. The van der Waals surface area contributed by atoms with Crippen molar-refractivity contribution in [2.24, 2.45) is 0 Å². The number of anilines is 1. The normalized spacial score (nSPS) is 16.4. The topological polar surface area (TPSA) is 38.3 Å². The number of hydrogen-bond donors (Lipinski definition) is 1. The van der Waals surface area contributed by atoms with Crippen molar-refractivity contribution in [2.45, 2.75) is 12.3 Å². The third kappa shape index (κ3) is 2.49. The van der Waals surface area contributed by atoms with E-state index in [1.54, 1.807) is 18.4 Å². The van der Waals surface area contributed by atoms with Crippen LogP contribution in [0, 0.1) is 0 Å². The van der Waals surface area contributed by atoms with Gasteiger partial charge in [0.15, 0.2) is 0 Å². The van der Waals surface area contributed by atoms with Gasteiger partial charge in [-0.25, -0.2) is 0 Å². The molecule has 24 heavy (non-hydrogen) atoms. The molecule has 1 aliphatic rings. The third-order valence-electron chi connectivity index (χ3n) is 4.39. The molecule has 120 valence electrons. The summed E-state index contributed by atoms with van der Waals surface area (Å²) >= 11 is 1.70. The average molecular weight is 335 g/mol. The van der Waals surface area contributed by atoms with Gasteiger partial charge in [0, 0.05) is 33.7 Å². The highest BCUT2D eigenvalue weighted by Gasteiger charge is 2.31. The maximum atomic E-state index is 12.3. The second kappa shape index (κ2) is 6.13. The van der Waals surface area contributed by atoms with Crippen LogP contribution in [0.25, 0.3) is 11.1 Å². The first-order chi connectivity index (χ1) is 11.8. The van der Waals surface area contributed by atoms with E-state index < -0.39 is 0 Å². The minimum Gasteiger partial charge on any atom is -0.496 e. The molecular weight excluding hydrogens is 318 g/mol. The van der Waals surface area contributed by atoms with Crippen molar-refractivity contribution < 1.29 is 9.53 Å². The number of nitrogens with one attached hydrogen (secondary N) is 1. The molecule has 1 atom stereocenters. The average Bonchev–Trinajstić information content (AvgIpc) is 3.05. The second-order valence-electron chi connectivity index (χ2n) is 5.80. The van der Waals surface area contributed by atoms with Gasteiger partial charge < -0.3 is 10.1 Å². The van der Waals surface area contributed by atoms with Crippen LogP contribution in [0.2, 0.25) is 0 Å². The van der Waals surface area contributed by atoms with E-state index in [-0.39, 0.29) is 11.8 Å². The molecule has 2 aromatic carbocycles. The largest absolute Gasteiger partial charge is 0.496 e. The monoisotopic (exact) mass is 335 g/mol. The molecule has 3 aromatic rings. The Kier molecular flexibility index (Phi) is 3.82. The number of ether oxygens (including phenoxy) is 1. The van der Waals surface area contributed by atoms with Crippen LogP contribution in [0.1, 0.15) is 22.8 Å². The van der Waals surface area contributed by atoms with E-state index in [1.807, 2.05) is 42.5 Å². The van der Waals surface area contributed by atoms with Crippen molar-refractivity contribution in [2.75, 3.05) is 12.4 Å². The van der Waals surface area contributed by atoms with Gasteiger partial charge in [-0.3, -0.25) is 4.79 Å². The number of thiophene rings is 1. The minimum atomic E-state index is 0.0346. The summed E-state index contributed by atoms with van der Waals surface area (Å²) in [6.07, 6.45) is 0.447. The molecule has 0 radical (unpaired) electrons. The van der Waals surface area contributed by atoms with Gasteiger partial charge in [-0.1, -0.05) is 48.5 Å². The number of carbonyl (C=O) groups is 1. The molecule has 0 bridgehead atoms. The Hall–Kier alpha value is -2.59. The second-order valence-corrected chi connectivity index (χ2v) is 6.71. The first kappa shape index (κ1) is 15.0. The van der Waals surface area contributed by atoms with Gasteiger partial charge in [-0.2, -0.15) is 0 Å². The molecule has 1 N–H and O–H groups in total. The molecule has 0 saturated heterocycles. The molecule has 0 aliphatic carbocycles. The van der Waals surface area contributed by atoms with Crippen LogP contribution in [0.5, 0.6) is 5.75 Å². The lowest BCUT2D eigenvalue weighted by Crippen LogP contribution is -2.22. The zero-order valence-corrected chi connectivity index (χ0v) is 14.1. The minimum absolute atomic E-state index is 0.0346. The lowest BCUT2D eigenvalue weighted by Gasteiger charge is -2.25. The number of carbonyl (C=O) groups excluding carboxylic acids is 1. The predicted octanol–water partition coefficient (Wildman–Crippen LogP) is 4.90. The molecule has 0 spiro atoms. The van der Waals surface area contributed by atoms with Crippen molar-refractivity contribution in [3.05, 3.63) is 70.4 Å². The van der Waals surface area contributed by atoms with Gasteiger partial charge in [0.2, 0.25) is 5.91 Å². The maximum absolute atomic E-state index is 12.3. The fourth-order valence-electron chi connectivity index (χ4n) is 3.26. The van der Waals surface area contributed by atoms with Gasteiger partial charge in [0.05, 0.1) is 12.8 Å². The van der Waals surface area contributed by atoms with Crippen molar-refractivity contribution in [1.82, 2.24) is 0 Å². The standard InChI is InChI=1S/C20H17NO2S/c1-23-17-10-6-5-9-14(17)15-11-18(22)21-19-16(12-24-20(15)19)13-7-3-2-4-8-13/h2-10,12,15H,11H2,1H3,(H,21,22)/t15-/m1/s1.